The normalized spacial score (nSPS) is 20.2. The van der Waals surface area contributed by atoms with E-state index >= 15 is 0 Å². The third kappa shape index (κ3) is 3.35. The van der Waals surface area contributed by atoms with Crippen LogP contribution in [0.25, 0.3) is 21.9 Å². The van der Waals surface area contributed by atoms with Crippen molar-refractivity contribution in [3.05, 3.63) is 107 Å². The van der Waals surface area contributed by atoms with Gasteiger partial charge in [0.15, 0.2) is 0 Å². The molecule has 168 valence electrons. The molecule has 1 aromatic heterocycles. The smallest absolute Gasteiger partial charge is 0.135 e. The van der Waals surface area contributed by atoms with Crippen LogP contribution < -0.4 is 0 Å². The van der Waals surface area contributed by atoms with Crippen molar-refractivity contribution in [3.63, 3.8) is 0 Å². The van der Waals surface area contributed by atoms with Crippen LogP contribution >= 0.6 is 0 Å². The molecule has 0 spiro atoms. The van der Waals surface area contributed by atoms with E-state index in [9.17, 15) is 0 Å². The molecule has 0 aliphatic carbocycles. The molecule has 3 nitrogen and oxygen atoms in total. The maximum atomic E-state index is 6.26. The SMILES string of the molecule is C=CC1=NC2CC(=C)N=C(C)c3cc4c(cc3CCC2c2ccccc21)oc1ccc(C)cc14. The second-order valence-corrected chi connectivity index (χ2v) is 9.59. The maximum absolute atomic E-state index is 6.26. The van der Waals surface area contributed by atoms with E-state index in [1.54, 1.807) is 0 Å². The minimum atomic E-state index is 0.117. The number of furan rings is 1. The van der Waals surface area contributed by atoms with Crippen LogP contribution in [0.15, 0.2) is 93.9 Å². The molecule has 2 aliphatic heterocycles. The Labute approximate surface area is 200 Å². The van der Waals surface area contributed by atoms with Crippen LogP contribution in [0, 0.1) is 6.92 Å². The quantitative estimate of drug-likeness (QED) is 0.296. The molecular weight excluding hydrogens is 416 g/mol. The summed E-state index contributed by atoms with van der Waals surface area (Å²) in [5.74, 6) is 0.312. The average molecular weight is 445 g/mol. The predicted molar refractivity (Wildman–Crippen MR) is 142 cm³/mol. The molecule has 0 saturated carbocycles. The van der Waals surface area contributed by atoms with Gasteiger partial charge in [0, 0.05) is 40.1 Å². The molecule has 3 heteroatoms. The lowest BCUT2D eigenvalue weighted by molar-refractivity contribution is 0.490. The Morgan fingerprint density at radius 1 is 0.971 bits per heavy atom. The second kappa shape index (κ2) is 7.95. The highest BCUT2D eigenvalue weighted by molar-refractivity contribution is 6.11. The topological polar surface area (TPSA) is 37.9 Å². The van der Waals surface area contributed by atoms with E-state index in [-0.39, 0.29) is 6.04 Å². The molecule has 34 heavy (non-hydrogen) atoms. The van der Waals surface area contributed by atoms with Crippen molar-refractivity contribution in [1.29, 1.82) is 0 Å². The van der Waals surface area contributed by atoms with Gasteiger partial charge in [-0.2, -0.15) is 0 Å². The molecule has 0 amide bonds. The zero-order valence-corrected chi connectivity index (χ0v) is 19.8. The summed E-state index contributed by atoms with van der Waals surface area (Å²) in [6.45, 7) is 12.6. The van der Waals surface area contributed by atoms with Gasteiger partial charge in [-0.25, -0.2) is 0 Å². The van der Waals surface area contributed by atoms with Gasteiger partial charge >= 0.3 is 0 Å². The zero-order valence-electron chi connectivity index (χ0n) is 19.8. The van der Waals surface area contributed by atoms with Gasteiger partial charge in [-0.15, -0.1) is 0 Å². The molecule has 0 radical (unpaired) electrons. The molecule has 3 heterocycles. The Hall–Kier alpha value is -3.72. The van der Waals surface area contributed by atoms with Crippen molar-refractivity contribution in [2.45, 2.75) is 45.1 Å². The van der Waals surface area contributed by atoms with E-state index in [2.05, 4.69) is 81.6 Å². The Balaban J connectivity index is 1.51. The number of allylic oxidation sites excluding steroid dienone is 1. The van der Waals surface area contributed by atoms with Gasteiger partial charge in [0.1, 0.15) is 11.2 Å². The fourth-order valence-electron chi connectivity index (χ4n) is 5.72. The molecule has 0 fully saturated rings. The van der Waals surface area contributed by atoms with Gasteiger partial charge in [-0.1, -0.05) is 49.1 Å². The number of aliphatic imine (C=N–C) groups is 2. The predicted octanol–water partition coefficient (Wildman–Crippen LogP) is 7.69. The largest absolute Gasteiger partial charge is 0.456 e. The van der Waals surface area contributed by atoms with Gasteiger partial charge in [-0.3, -0.25) is 9.98 Å². The first-order valence-electron chi connectivity index (χ1n) is 12.0. The summed E-state index contributed by atoms with van der Waals surface area (Å²) in [6, 6.07) is 19.6. The summed E-state index contributed by atoms with van der Waals surface area (Å²) in [6.07, 6.45) is 4.57. The summed E-state index contributed by atoms with van der Waals surface area (Å²) in [5.41, 5.74) is 11.0. The standard InChI is InChI=1S/C31H28N2O/c1-5-28-23-9-7-6-8-22(23)24-12-11-21-16-31-27(26-14-18(2)10-13-30(26)34-31)17-25(21)20(4)32-19(3)15-29(24)33-28/h5-10,13-14,16-17,24,29H,1,3,11-12,15H2,2,4H3. The first kappa shape index (κ1) is 20.9. The number of hydrogen-bond donors (Lipinski definition) is 0. The van der Waals surface area contributed by atoms with Crippen molar-refractivity contribution >= 4 is 33.4 Å². The maximum Gasteiger partial charge on any atom is 0.135 e. The van der Waals surface area contributed by atoms with Crippen molar-refractivity contribution < 1.29 is 4.42 Å². The third-order valence-electron chi connectivity index (χ3n) is 7.33. The Morgan fingerprint density at radius 3 is 2.65 bits per heavy atom. The number of rotatable bonds is 1. The average Bonchev–Trinajstić information content (AvgIpc) is 3.18. The highest BCUT2D eigenvalue weighted by Gasteiger charge is 2.31. The number of benzene rings is 3. The lowest BCUT2D eigenvalue weighted by Crippen LogP contribution is -2.27. The molecule has 2 aliphatic rings. The molecule has 0 bridgehead atoms. The number of hydrogen-bond acceptors (Lipinski definition) is 3. The number of fused-ring (bicyclic) bond motifs is 7. The zero-order chi connectivity index (χ0) is 23.4. The Kier molecular flexibility index (Phi) is 4.88. The summed E-state index contributed by atoms with van der Waals surface area (Å²) >= 11 is 0. The summed E-state index contributed by atoms with van der Waals surface area (Å²) in [4.78, 5) is 10.1. The molecule has 2 atom stereocenters. The minimum Gasteiger partial charge on any atom is -0.456 e. The van der Waals surface area contributed by atoms with Crippen molar-refractivity contribution in [2.75, 3.05) is 0 Å². The summed E-state index contributed by atoms with van der Waals surface area (Å²) in [7, 11) is 0. The number of aryl methyl sites for hydroxylation is 2. The third-order valence-corrected chi connectivity index (χ3v) is 7.33. The highest BCUT2D eigenvalue weighted by atomic mass is 16.3. The molecule has 4 aromatic rings. The molecule has 0 N–H and O–H groups in total. The van der Waals surface area contributed by atoms with Crippen LogP contribution in [0.3, 0.4) is 0 Å². The Bertz CT molecular complexity index is 1550. The van der Waals surface area contributed by atoms with Crippen LogP contribution in [0.2, 0.25) is 0 Å². The Morgan fingerprint density at radius 2 is 1.79 bits per heavy atom. The monoisotopic (exact) mass is 444 g/mol. The lowest BCUT2D eigenvalue weighted by atomic mass is 9.78. The van der Waals surface area contributed by atoms with Gasteiger partial charge in [0.05, 0.1) is 11.8 Å². The lowest BCUT2D eigenvalue weighted by Gasteiger charge is -2.32. The highest BCUT2D eigenvalue weighted by Crippen LogP contribution is 2.39. The molecule has 0 saturated heterocycles. The van der Waals surface area contributed by atoms with Crippen molar-refractivity contribution in [3.8, 4) is 0 Å². The fourth-order valence-corrected chi connectivity index (χ4v) is 5.72. The van der Waals surface area contributed by atoms with E-state index in [1.807, 2.05) is 6.08 Å². The summed E-state index contributed by atoms with van der Waals surface area (Å²) in [5, 5.41) is 2.31. The van der Waals surface area contributed by atoms with Crippen molar-refractivity contribution in [2.24, 2.45) is 9.98 Å². The molecular formula is C31H28N2O. The van der Waals surface area contributed by atoms with Gasteiger partial charge in [0.25, 0.3) is 0 Å². The summed E-state index contributed by atoms with van der Waals surface area (Å²) < 4.78 is 6.26. The number of nitrogens with zero attached hydrogens (tertiary/aromatic N) is 2. The van der Waals surface area contributed by atoms with Crippen LogP contribution in [-0.4, -0.2) is 17.5 Å². The van der Waals surface area contributed by atoms with E-state index < -0.39 is 0 Å². The van der Waals surface area contributed by atoms with E-state index in [4.69, 9.17) is 14.4 Å². The van der Waals surface area contributed by atoms with Crippen molar-refractivity contribution in [1.82, 2.24) is 0 Å². The van der Waals surface area contributed by atoms with Crippen LogP contribution in [0.5, 0.6) is 0 Å². The van der Waals surface area contributed by atoms with Gasteiger partial charge < -0.3 is 4.42 Å². The minimum absolute atomic E-state index is 0.117. The van der Waals surface area contributed by atoms with E-state index in [0.717, 1.165) is 58.3 Å². The fraction of sp³-hybridized carbons (Fsp3) is 0.226. The molecule has 3 aromatic carbocycles. The van der Waals surface area contributed by atoms with Gasteiger partial charge in [-0.05, 0) is 73.7 Å². The molecule has 6 rings (SSSR count). The van der Waals surface area contributed by atoms with E-state index in [1.165, 1.54) is 27.8 Å². The first-order valence-corrected chi connectivity index (χ1v) is 12.0. The van der Waals surface area contributed by atoms with Crippen LogP contribution in [0.4, 0.5) is 0 Å². The first-order chi connectivity index (χ1) is 16.5. The van der Waals surface area contributed by atoms with Gasteiger partial charge in [0.2, 0.25) is 0 Å². The molecule has 2 unspecified atom stereocenters. The van der Waals surface area contributed by atoms with Crippen LogP contribution in [-0.2, 0) is 6.42 Å². The van der Waals surface area contributed by atoms with Crippen LogP contribution in [0.1, 0.15) is 53.5 Å². The second-order valence-electron chi connectivity index (χ2n) is 9.59. The van der Waals surface area contributed by atoms with E-state index in [0.29, 0.717) is 5.92 Å².